The van der Waals surface area contributed by atoms with Gasteiger partial charge in [0.1, 0.15) is 18.0 Å². The van der Waals surface area contributed by atoms with Crippen LogP contribution in [0.25, 0.3) is 11.2 Å². The summed E-state index contributed by atoms with van der Waals surface area (Å²) in [5, 5.41) is 2.90. The number of benzene rings is 2. The topological polar surface area (TPSA) is 153 Å². The molecule has 0 spiro atoms. The predicted molar refractivity (Wildman–Crippen MR) is 229 cm³/mol. The maximum Gasteiger partial charge on any atom is 0.459 e. The minimum atomic E-state index is -4.34. The van der Waals surface area contributed by atoms with Gasteiger partial charge in [-0.3, -0.25) is 13.9 Å². The minimum Gasteiger partial charge on any atom is -0.465 e. The SMILES string of the molecule is C#C[C@@]1(CO[P@@](=O)(N[C@@H](Cc2ccccc2)C(=O)OCCCCCCCCCCCCCCCCCC)Oc2ccccc2)CC[C@H](n2cnc3c(N)nc(F)nc32)O1. The molecule has 12 nitrogen and oxygen atoms in total. The molecule has 2 aromatic heterocycles. The van der Waals surface area contributed by atoms with Crippen LogP contribution in [0.15, 0.2) is 67.0 Å². The standard InChI is InChI=1S/C45H62FN6O6P/c1-3-5-6-7-8-9-10-11-12-13-14-15-16-17-18-25-32-55-43(53)38(33-36-26-21-19-22-27-36)51-59(54,58-37-28-23-20-24-29-37)56-34-45(4-2)31-30-39(57-45)52-35-48-40-41(47)49-44(46)50-42(40)52/h2,19-24,26-29,35,38-39H,3,5-18,25,30-34H2,1H3,(H,51,54)(H2,47,49,50)/t38-,39+,45-,59-/m0/s1. The third-order valence-corrected chi connectivity index (χ3v) is 12.3. The molecule has 0 radical (unpaired) electrons. The van der Waals surface area contributed by atoms with Crippen molar-refractivity contribution in [1.29, 1.82) is 0 Å². The van der Waals surface area contributed by atoms with E-state index in [9.17, 15) is 13.8 Å². The molecule has 1 saturated heterocycles. The van der Waals surface area contributed by atoms with E-state index < -0.39 is 37.7 Å². The molecular formula is C45H62FN6O6P. The van der Waals surface area contributed by atoms with Gasteiger partial charge in [0, 0.05) is 0 Å². The molecule has 0 bridgehead atoms. The maximum absolute atomic E-state index is 14.7. The molecule has 2 aromatic carbocycles. The van der Waals surface area contributed by atoms with Crippen molar-refractivity contribution in [2.75, 3.05) is 18.9 Å². The van der Waals surface area contributed by atoms with Crippen molar-refractivity contribution in [3.8, 4) is 18.1 Å². The van der Waals surface area contributed by atoms with Gasteiger partial charge < -0.3 is 19.7 Å². The number of imidazole rings is 1. The van der Waals surface area contributed by atoms with E-state index in [0.717, 1.165) is 24.8 Å². The number of nitrogen functional groups attached to an aromatic ring is 1. The largest absolute Gasteiger partial charge is 0.465 e. The van der Waals surface area contributed by atoms with Gasteiger partial charge >= 0.3 is 19.8 Å². The molecule has 1 aliphatic rings. The third kappa shape index (κ3) is 14.7. The number of nitrogens with one attached hydrogen (secondary N) is 1. The Kier molecular flexibility index (Phi) is 18.6. The fourth-order valence-corrected chi connectivity index (χ4v) is 8.89. The van der Waals surface area contributed by atoms with Gasteiger partial charge in [0.05, 0.1) is 19.5 Å². The molecule has 1 fully saturated rings. The Morgan fingerprint density at radius 1 is 0.949 bits per heavy atom. The third-order valence-electron chi connectivity index (χ3n) is 10.7. The number of para-hydroxylation sites is 1. The van der Waals surface area contributed by atoms with Crippen molar-refractivity contribution >= 4 is 30.7 Å². The highest BCUT2D eigenvalue weighted by atomic mass is 31.2. The summed E-state index contributed by atoms with van der Waals surface area (Å²) in [6.45, 7) is 2.15. The Morgan fingerprint density at radius 3 is 2.15 bits per heavy atom. The molecule has 0 amide bonds. The van der Waals surface area contributed by atoms with E-state index in [-0.39, 0.29) is 48.8 Å². The van der Waals surface area contributed by atoms with Gasteiger partial charge in [-0.25, -0.2) is 9.55 Å². The molecule has 14 heteroatoms. The molecular weight excluding hydrogens is 771 g/mol. The zero-order valence-corrected chi connectivity index (χ0v) is 35.5. The number of carbonyl (C=O) groups excluding carboxylic acids is 1. The van der Waals surface area contributed by atoms with E-state index in [4.69, 9.17) is 30.7 Å². The van der Waals surface area contributed by atoms with Crippen LogP contribution >= 0.6 is 7.75 Å². The van der Waals surface area contributed by atoms with Crippen LogP contribution in [0.5, 0.6) is 5.75 Å². The second kappa shape index (κ2) is 24.0. The average Bonchev–Trinajstić information content (AvgIpc) is 3.87. The molecule has 0 saturated carbocycles. The molecule has 4 aromatic rings. The summed E-state index contributed by atoms with van der Waals surface area (Å²) in [5.74, 6) is 2.24. The number of hydrogen-bond donors (Lipinski definition) is 2. The first-order chi connectivity index (χ1) is 28.7. The van der Waals surface area contributed by atoms with Crippen LogP contribution < -0.4 is 15.3 Å². The number of rotatable bonds is 28. The molecule has 0 aliphatic carbocycles. The summed E-state index contributed by atoms with van der Waals surface area (Å²) in [7, 11) is -4.34. The van der Waals surface area contributed by atoms with Crippen molar-refractivity contribution in [3.05, 3.63) is 78.6 Å². The van der Waals surface area contributed by atoms with Crippen molar-refractivity contribution < 1.29 is 32.3 Å². The zero-order valence-electron chi connectivity index (χ0n) is 34.6. The van der Waals surface area contributed by atoms with E-state index in [0.29, 0.717) is 6.42 Å². The Bertz CT molecular complexity index is 1950. The highest BCUT2D eigenvalue weighted by molar-refractivity contribution is 7.52. The second-order valence-corrected chi connectivity index (χ2v) is 17.2. The number of anilines is 1. The van der Waals surface area contributed by atoms with Crippen LogP contribution in [-0.2, 0) is 29.8 Å². The van der Waals surface area contributed by atoms with E-state index in [1.807, 2.05) is 30.3 Å². The van der Waals surface area contributed by atoms with Crippen LogP contribution in [-0.4, -0.2) is 50.3 Å². The summed E-state index contributed by atoms with van der Waals surface area (Å²) < 4.78 is 54.5. The smallest absolute Gasteiger partial charge is 0.459 e. The minimum absolute atomic E-state index is 0.102. The van der Waals surface area contributed by atoms with Crippen molar-refractivity contribution in [2.24, 2.45) is 0 Å². The molecule has 1 aliphatic heterocycles. The van der Waals surface area contributed by atoms with Crippen molar-refractivity contribution in [3.63, 3.8) is 0 Å². The Labute approximate surface area is 349 Å². The van der Waals surface area contributed by atoms with Gasteiger partial charge in [-0.15, -0.1) is 6.42 Å². The highest BCUT2D eigenvalue weighted by Crippen LogP contribution is 2.48. The van der Waals surface area contributed by atoms with E-state index in [1.54, 1.807) is 30.3 Å². The first-order valence-electron chi connectivity index (χ1n) is 21.5. The van der Waals surface area contributed by atoms with E-state index >= 15 is 0 Å². The predicted octanol–water partition coefficient (Wildman–Crippen LogP) is 10.4. The van der Waals surface area contributed by atoms with E-state index in [2.05, 4.69) is 32.9 Å². The monoisotopic (exact) mass is 832 g/mol. The molecule has 3 heterocycles. The zero-order chi connectivity index (χ0) is 41.8. The lowest BCUT2D eigenvalue weighted by Gasteiger charge is -2.29. The van der Waals surface area contributed by atoms with Crippen LogP contribution in [0.2, 0.25) is 0 Å². The van der Waals surface area contributed by atoms with E-state index in [1.165, 1.54) is 94.4 Å². The Balaban J connectivity index is 1.14. The molecule has 4 atom stereocenters. The number of nitrogens with two attached hydrogens (primary N) is 1. The van der Waals surface area contributed by atoms with Crippen LogP contribution in [0.1, 0.15) is 134 Å². The number of aromatic nitrogens is 4. The highest BCUT2D eigenvalue weighted by Gasteiger charge is 2.44. The number of carbonyl (C=O) groups is 1. The summed E-state index contributed by atoms with van der Waals surface area (Å²) in [6.07, 6.45) is 26.6. The second-order valence-electron chi connectivity index (χ2n) is 15.5. The van der Waals surface area contributed by atoms with Gasteiger partial charge in [0.2, 0.25) is 0 Å². The maximum atomic E-state index is 14.7. The Morgan fingerprint density at radius 2 is 1.54 bits per heavy atom. The normalized spacial score (nSPS) is 18.0. The number of esters is 1. The molecule has 3 N–H and O–H groups in total. The van der Waals surface area contributed by atoms with Gasteiger partial charge in [0.15, 0.2) is 22.6 Å². The fraction of sp³-hybridized carbons (Fsp3) is 0.556. The number of hydrogen-bond acceptors (Lipinski definition) is 10. The van der Waals surface area contributed by atoms with Gasteiger partial charge in [0.25, 0.3) is 0 Å². The van der Waals surface area contributed by atoms with Gasteiger partial charge in [-0.1, -0.05) is 158 Å². The summed E-state index contributed by atoms with van der Waals surface area (Å²) in [4.78, 5) is 25.3. The molecule has 59 heavy (non-hydrogen) atoms. The number of unbranched alkanes of at least 4 members (excludes halogenated alkanes) is 15. The number of terminal acetylenes is 1. The van der Waals surface area contributed by atoms with Crippen LogP contribution in [0.4, 0.5) is 10.2 Å². The Hall–Kier alpha value is -4.34. The van der Waals surface area contributed by atoms with Crippen molar-refractivity contribution in [2.45, 2.75) is 147 Å². The van der Waals surface area contributed by atoms with Gasteiger partial charge in [-0.05, 0) is 43.4 Å². The number of fused-ring (bicyclic) bond motifs is 1. The lowest BCUT2D eigenvalue weighted by Crippen LogP contribution is -2.41. The molecule has 5 rings (SSSR count). The number of ether oxygens (including phenoxy) is 2. The van der Waals surface area contributed by atoms with Gasteiger partial charge in [-0.2, -0.15) is 19.4 Å². The summed E-state index contributed by atoms with van der Waals surface area (Å²) in [6, 6.07) is 16.8. The summed E-state index contributed by atoms with van der Waals surface area (Å²) in [5.41, 5.74) is 5.69. The summed E-state index contributed by atoms with van der Waals surface area (Å²) >= 11 is 0. The lowest BCUT2D eigenvalue weighted by atomic mass is 10.0. The lowest BCUT2D eigenvalue weighted by molar-refractivity contribution is -0.146. The quantitative estimate of drug-likeness (QED) is 0.0185. The first kappa shape index (κ1) is 45.7. The van der Waals surface area contributed by atoms with Crippen molar-refractivity contribution in [1.82, 2.24) is 24.6 Å². The molecule has 320 valence electrons. The fourth-order valence-electron chi connectivity index (χ4n) is 7.35. The number of nitrogens with zero attached hydrogens (tertiary/aromatic N) is 4. The molecule has 0 unspecified atom stereocenters. The first-order valence-corrected chi connectivity index (χ1v) is 23.1. The average molecular weight is 833 g/mol. The van der Waals surface area contributed by atoms with Crippen LogP contribution in [0, 0.1) is 18.4 Å². The van der Waals surface area contributed by atoms with Crippen LogP contribution in [0.3, 0.4) is 0 Å². The number of halogens is 1.